The lowest BCUT2D eigenvalue weighted by Crippen LogP contribution is -2.44. The maximum Gasteiger partial charge on any atom is 0.314 e. The molecular formula is C12H13N5O3S. The Hall–Kier alpha value is -2.68. The van der Waals surface area contributed by atoms with Gasteiger partial charge in [-0.1, -0.05) is 0 Å². The van der Waals surface area contributed by atoms with E-state index in [1.807, 2.05) is 0 Å². The fraction of sp³-hybridized carbons (Fsp3) is 0.167. The van der Waals surface area contributed by atoms with E-state index in [1.54, 1.807) is 19.9 Å². The molecule has 0 saturated carbocycles. The molecule has 2 rings (SSSR count). The molecular weight excluding hydrogens is 294 g/mol. The highest BCUT2D eigenvalue weighted by Crippen LogP contribution is 2.21. The van der Waals surface area contributed by atoms with Crippen LogP contribution in [0.3, 0.4) is 0 Å². The van der Waals surface area contributed by atoms with Gasteiger partial charge in [0, 0.05) is 0 Å². The number of aromatic nitrogens is 2. The molecule has 0 fully saturated rings. The highest BCUT2D eigenvalue weighted by Gasteiger charge is 2.17. The average Bonchev–Trinajstić information content (AvgIpc) is 2.40. The van der Waals surface area contributed by atoms with E-state index in [1.165, 1.54) is 0 Å². The molecule has 0 unspecified atom stereocenters. The molecule has 2 aromatic rings. The Morgan fingerprint density at radius 1 is 1.19 bits per heavy atom. The van der Waals surface area contributed by atoms with Crippen LogP contribution in [0.1, 0.15) is 21.5 Å². The van der Waals surface area contributed by atoms with Gasteiger partial charge in [-0.05, 0) is 43.3 Å². The summed E-state index contributed by atoms with van der Waals surface area (Å²) in [6.07, 6.45) is 0. The molecule has 8 nitrogen and oxygen atoms in total. The second-order valence-corrected chi connectivity index (χ2v) is 4.91. The van der Waals surface area contributed by atoms with Gasteiger partial charge in [0.1, 0.15) is 0 Å². The van der Waals surface area contributed by atoms with Gasteiger partial charge in [-0.3, -0.25) is 25.2 Å². The number of aromatic amines is 2. The second kappa shape index (κ2) is 5.37. The fourth-order valence-corrected chi connectivity index (χ4v) is 2.01. The number of benzene rings is 1. The summed E-state index contributed by atoms with van der Waals surface area (Å²) in [6, 6.07) is 1.68. The van der Waals surface area contributed by atoms with Crippen LogP contribution in [0.5, 0.6) is 0 Å². The summed E-state index contributed by atoms with van der Waals surface area (Å²) in [7, 11) is 0. The highest BCUT2D eigenvalue weighted by atomic mass is 32.1. The number of fused-ring (bicyclic) bond motifs is 1. The minimum atomic E-state index is -0.831. The number of nitrogens with two attached hydrogens (primary N) is 1. The number of hydrazine groups is 1. The van der Waals surface area contributed by atoms with E-state index in [4.69, 9.17) is 5.73 Å². The first-order valence-corrected chi connectivity index (χ1v) is 6.34. The van der Waals surface area contributed by atoms with Crippen molar-refractivity contribution in [2.24, 2.45) is 5.73 Å². The fourth-order valence-electron chi connectivity index (χ4n) is 1.96. The van der Waals surface area contributed by atoms with Crippen molar-refractivity contribution in [3.05, 3.63) is 43.5 Å². The zero-order chi connectivity index (χ0) is 15.7. The van der Waals surface area contributed by atoms with Gasteiger partial charge in [0.2, 0.25) is 0 Å². The second-order valence-electron chi connectivity index (χ2n) is 4.47. The summed E-state index contributed by atoms with van der Waals surface area (Å²) in [5.74, 6) is -0.531. The van der Waals surface area contributed by atoms with E-state index < -0.39 is 17.0 Å². The van der Waals surface area contributed by atoms with Crippen molar-refractivity contribution < 1.29 is 4.79 Å². The van der Waals surface area contributed by atoms with Gasteiger partial charge in [-0.15, -0.1) is 0 Å². The third-order valence-corrected chi connectivity index (χ3v) is 3.17. The summed E-state index contributed by atoms with van der Waals surface area (Å²) in [5.41, 5.74) is 10.6. The van der Waals surface area contributed by atoms with Crippen molar-refractivity contribution in [1.82, 2.24) is 20.8 Å². The molecule has 1 heterocycles. The summed E-state index contributed by atoms with van der Waals surface area (Å²) in [5, 5.41) is -0.0973. The van der Waals surface area contributed by atoms with Crippen molar-refractivity contribution in [2.75, 3.05) is 0 Å². The Morgan fingerprint density at radius 2 is 1.81 bits per heavy atom. The van der Waals surface area contributed by atoms with Crippen LogP contribution in [0.25, 0.3) is 11.0 Å². The molecule has 0 atom stereocenters. The predicted octanol–water partition coefficient (Wildman–Crippen LogP) is -0.689. The molecule has 0 aliphatic heterocycles. The summed E-state index contributed by atoms with van der Waals surface area (Å²) < 4.78 is 0. The molecule has 0 saturated heterocycles. The Bertz CT molecular complexity index is 868. The third-order valence-electron chi connectivity index (χ3n) is 3.07. The topological polar surface area (TPSA) is 133 Å². The largest absolute Gasteiger partial charge is 0.375 e. The van der Waals surface area contributed by atoms with Gasteiger partial charge in [0.05, 0.1) is 16.6 Å². The monoisotopic (exact) mass is 307 g/mol. The lowest BCUT2D eigenvalue weighted by atomic mass is 10.0. The zero-order valence-electron chi connectivity index (χ0n) is 11.3. The molecule has 0 aliphatic carbocycles. The molecule has 0 aliphatic rings. The van der Waals surface area contributed by atoms with Crippen LogP contribution in [0.15, 0.2) is 15.7 Å². The molecule has 1 aromatic heterocycles. The number of carbonyl (C=O) groups is 1. The van der Waals surface area contributed by atoms with E-state index in [2.05, 4.69) is 33.0 Å². The van der Waals surface area contributed by atoms with Crippen molar-refractivity contribution in [2.45, 2.75) is 13.8 Å². The average molecular weight is 307 g/mol. The molecule has 21 heavy (non-hydrogen) atoms. The first kappa shape index (κ1) is 14.7. The number of amides is 1. The van der Waals surface area contributed by atoms with Crippen molar-refractivity contribution in [3.8, 4) is 0 Å². The Balaban J connectivity index is 2.70. The lowest BCUT2D eigenvalue weighted by Gasteiger charge is -2.13. The number of nitrogens with one attached hydrogen (secondary N) is 4. The van der Waals surface area contributed by atoms with Gasteiger partial charge >= 0.3 is 11.1 Å². The van der Waals surface area contributed by atoms with Crippen LogP contribution >= 0.6 is 12.2 Å². The number of hydrogen-bond acceptors (Lipinski definition) is 4. The maximum atomic E-state index is 12.2. The molecule has 0 bridgehead atoms. The number of H-pyrrole nitrogens is 2. The van der Waals surface area contributed by atoms with Crippen LogP contribution in [0.2, 0.25) is 0 Å². The molecule has 1 amide bonds. The van der Waals surface area contributed by atoms with E-state index in [9.17, 15) is 14.4 Å². The van der Waals surface area contributed by atoms with Crippen LogP contribution in [0.4, 0.5) is 0 Å². The first-order valence-electron chi connectivity index (χ1n) is 5.93. The van der Waals surface area contributed by atoms with Gasteiger partial charge in [-0.2, -0.15) is 0 Å². The van der Waals surface area contributed by atoms with Crippen LogP contribution < -0.4 is 27.7 Å². The van der Waals surface area contributed by atoms with Crippen LogP contribution in [-0.4, -0.2) is 21.0 Å². The molecule has 0 radical (unpaired) electrons. The van der Waals surface area contributed by atoms with Crippen molar-refractivity contribution in [3.63, 3.8) is 0 Å². The standard InChI is InChI=1S/C12H13N5O3S/c1-4-3-6-8(15-11(20)10(19)14-6)7(5(4)2)9(18)16-17-12(13)21/h3H,1-2H3,(H,14,19)(H,15,20)(H,16,18)(H3,13,17,21). The Morgan fingerprint density at radius 3 is 2.43 bits per heavy atom. The number of aryl methyl sites for hydroxylation is 1. The smallest absolute Gasteiger partial charge is 0.314 e. The Kier molecular flexibility index (Phi) is 3.76. The molecule has 9 heteroatoms. The quantitative estimate of drug-likeness (QED) is 0.269. The normalized spacial score (nSPS) is 10.4. The highest BCUT2D eigenvalue weighted by molar-refractivity contribution is 7.80. The number of hydrogen-bond donors (Lipinski definition) is 5. The van der Waals surface area contributed by atoms with Gasteiger partial charge in [0.25, 0.3) is 5.91 Å². The predicted molar refractivity (Wildman–Crippen MR) is 82.1 cm³/mol. The number of carbonyl (C=O) groups excluding carboxylic acids is 1. The summed E-state index contributed by atoms with van der Waals surface area (Å²) >= 11 is 4.60. The summed E-state index contributed by atoms with van der Waals surface area (Å²) in [4.78, 5) is 39.9. The molecule has 0 spiro atoms. The molecule has 1 aromatic carbocycles. The van der Waals surface area contributed by atoms with Gasteiger partial charge in [-0.25, -0.2) is 0 Å². The SMILES string of the molecule is Cc1cc2[nH]c(=O)c(=O)[nH]c2c(C(=O)NNC(N)=S)c1C. The van der Waals surface area contributed by atoms with E-state index >= 15 is 0 Å². The van der Waals surface area contributed by atoms with Crippen LogP contribution in [-0.2, 0) is 0 Å². The van der Waals surface area contributed by atoms with E-state index in [0.29, 0.717) is 11.1 Å². The zero-order valence-corrected chi connectivity index (χ0v) is 12.1. The van der Waals surface area contributed by atoms with Gasteiger partial charge in [0.15, 0.2) is 5.11 Å². The van der Waals surface area contributed by atoms with Crippen molar-refractivity contribution >= 4 is 34.3 Å². The lowest BCUT2D eigenvalue weighted by molar-refractivity contribution is 0.0945. The van der Waals surface area contributed by atoms with E-state index in [-0.39, 0.29) is 16.2 Å². The Labute approximate surface area is 123 Å². The maximum absolute atomic E-state index is 12.2. The van der Waals surface area contributed by atoms with Crippen LogP contribution in [0, 0.1) is 13.8 Å². The molecule has 110 valence electrons. The number of rotatable bonds is 1. The number of thiocarbonyl (C=S) groups is 1. The first-order chi connectivity index (χ1) is 9.81. The third kappa shape index (κ3) is 2.77. The summed E-state index contributed by atoms with van der Waals surface area (Å²) in [6.45, 7) is 3.52. The van der Waals surface area contributed by atoms with E-state index in [0.717, 1.165) is 5.56 Å². The minimum absolute atomic E-state index is 0.0973. The van der Waals surface area contributed by atoms with Gasteiger partial charge < -0.3 is 15.7 Å². The minimum Gasteiger partial charge on any atom is -0.375 e. The molecule has 6 N–H and O–H groups in total. The van der Waals surface area contributed by atoms with Crippen molar-refractivity contribution in [1.29, 1.82) is 0 Å².